The lowest BCUT2D eigenvalue weighted by Gasteiger charge is -2.15. The minimum atomic E-state index is -1.05. The van der Waals surface area contributed by atoms with Gasteiger partial charge in [-0.2, -0.15) is 0 Å². The number of amides is 1. The number of primary amides is 1. The van der Waals surface area contributed by atoms with E-state index in [0.717, 1.165) is 0 Å². The molecule has 0 saturated heterocycles. The Balaban J connectivity index is 2.79. The number of nitrogens with two attached hydrogens (primary N) is 2. The van der Waals surface area contributed by atoms with E-state index >= 15 is 0 Å². The summed E-state index contributed by atoms with van der Waals surface area (Å²) in [4.78, 5) is 10.7. The predicted molar refractivity (Wildman–Crippen MR) is 48.6 cm³/mol. The quantitative estimate of drug-likeness (QED) is 0.587. The van der Waals surface area contributed by atoms with Crippen LogP contribution in [0.15, 0.2) is 30.3 Å². The molecule has 0 unspecified atom stereocenters. The van der Waals surface area contributed by atoms with Crippen molar-refractivity contribution >= 4 is 5.91 Å². The molecule has 0 aliphatic carbocycles. The fourth-order valence-electron chi connectivity index (χ4n) is 1.01. The Morgan fingerprint density at radius 2 is 1.85 bits per heavy atom. The van der Waals surface area contributed by atoms with Crippen LogP contribution in [-0.4, -0.2) is 17.1 Å². The van der Waals surface area contributed by atoms with Crippen LogP contribution in [0.5, 0.6) is 0 Å². The van der Waals surface area contributed by atoms with Crippen LogP contribution < -0.4 is 11.5 Å². The Labute approximate surface area is 76.2 Å². The van der Waals surface area contributed by atoms with E-state index in [1.807, 2.05) is 6.07 Å². The summed E-state index contributed by atoms with van der Waals surface area (Å²) >= 11 is 0. The van der Waals surface area contributed by atoms with Crippen molar-refractivity contribution in [3.63, 3.8) is 0 Å². The van der Waals surface area contributed by atoms with E-state index in [1.54, 1.807) is 24.3 Å². The summed E-state index contributed by atoms with van der Waals surface area (Å²) < 4.78 is 0. The Kier molecular flexibility index (Phi) is 3.00. The van der Waals surface area contributed by atoms with Gasteiger partial charge in [0.2, 0.25) is 5.91 Å². The summed E-state index contributed by atoms with van der Waals surface area (Å²) in [7, 11) is 0. The largest absolute Gasteiger partial charge is 0.386 e. The number of hydrogen-bond donors (Lipinski definition) is 3. The van der Waals surface area contributed by atoms with Crippen molar-refractivity contribution in [2.45, 2.75) is 12.1 Å². The van der Waals surface area contributed by atoms with E-state index in [2.05, 4.69) is 0 Å². The molecule has 13 heavy (non-hydrogen) atoms. The minimum Gasteiger partial charge on any atom is -0.386 e. The first kappa shape index (κ1) is 9.70. The van der Waals surface area contributed by atoms with Crippen molar-refractivity contribution in [3.8, 4) is 0 Å². The van der Waals surface area contributed by atoms with Gasteiger partial charge in [-0.05, 0) is 5.56 Å². The lowest BCUT2D eigenvalue weighted by atomic mass is 10.0. The molecule has 0 heterocycles. The van der Waals surface area contributed by atoms with E-state index in [9.17, 15) is 9.90 Å². The molecule has 1 amide bonds. The van der Waals surface area contributed by atoms with Crippen molar-refractivity contribution in [2.24, 2.45) is 11.5 Å². The van der Waals surface area contributed by atoms with Gasteiger partial charge in [0.1, 0.15) is 12.1 Å². The standard InChI is InChI=1S/C9H12N2O2/c10-7(9(11)13)8(12)6-4-2-1-3-5-6/h1-5,7-8,12H,10H2,(H2,11,13)/t7-,8+/m1/s1. The Morgan fingerprint density at radius 3 is 2.31 bits per heavy atom. The molecule has 0 radical (unpaired) electrons. The molecule has 5 N–H and O–H groups in total. The average Bonchev–Trinajstić information content (AvgIpc) is 2.17. The molecule has 2 atom stereocenters. The van der Waals surface area contributed by atoms with Crippen molar-refractivity contribution in [3.05, 3.63) is 35.9 Å². The predicted octanol–water partition coefficient (Wildman–Crippen LogP) is -0.467. The van der Waals surface area contributed by atoms with E-state index in [-0.39, 0.29) is 0 Å². The van der Waals surface area contributed by atoms with Gasteiger partial charge in [-0.3, -0.25) is 4.79 Å². The highest BCUT2D eigenvalue weighted by atomic mass is 16.3. The zero-order valence-corrected chi connectivity index (χ0v) is 7.05. The second-order valence-electron chi connectivity index (χ2n) is 2.78. The average molecular weight is 180 g/mol. The Morgan fingerprint density at radius 1 is 1.31 bits per heavy atom. The molecule has 0 spiro atoms. The van der Waals surface area contributed by atoms with Crippen molar-refractivity contribution < 1.29 is 9.90 Å². The van der Waals surface area contributed by atoms with Crippen LogP contribution in [0.1, 0.15) is 11.7 Å². The smallest absolute Gasteiger partial charge is 0.237 e. The Hall–Kier alpha value is -1.39. The number of benzene rings is 1. The molecule has 1 aromatic rings. The number of aliphatic hydroxyl groups is 1. The third-order valence-corrected chi connectivity index (χ3v) is 1.81. The van der Waals surface area contributed by atoms with Gasteiger partial charge in [0, 0.05) is 0 Å². The maximum absolute atomic E-state index is 10.7. The normalized spacial score (nSPS) is 14.9. The monoisotopic (exact) mass is 180 g/mol. The molecule has 4 nitrogen and oxygen atoms in total. The van der Waals surface area contributed by atoms with Gasteiger partial charge in [-0.15, -0.1) is 0 Å². The van der Waals surface area contributed by atoms with Gasteiger partial charge in [0.15, 0.2) is 0 Å². The van der Waals surface area contributed by atoms with Crippen molar-refractivity contribution in [1.82, 2.24) is 0 Å². The molecule has 0 saturated carbocycles. The first-order valence-electron chi connectivity index (χ1n) is 3.91. The van der Waals surface area contributed by atoms with Crippen molar-refractivity contribution in [1.29, 1.82) is 0 Å². The molecule has 70 valence electrons. The molecule has 0 aliphatic rings. The lowest BCUT2D eigenvalue weighted by Crippen LogP contribution is -2.41. The highest BCUT2D eigenvalue weighted by molar-refractivity contribution is 5.80. The summed E-state index contributed by atoms with van der Waals surface area (Å²) in [6, 6.07) is 7.65. The summed E-state index contributed by atoms with van der Waals surface area (Å²) in [5, 5.41) is 9.53. The molecule has 1 aromatic carbocycles. The van der Waals surface area contributed by atoms with Crippen LogP contribution in [0.2, 0.25) is 0 Å². The third kappa shape index (κ3) is 2.27. The molecular weight excluding hydrogens is 168 g/mol. The van der Waals surface area contributed by atoms with E-state index in [4.69, 9.17) is 11.5 Å². The van der Waals surface area contributed by atoms with Crippen LogP contribution in [0.4, 0.5) is 0 Å². The van der Waals surface area contributed by atoms with Crippen LogP contribution in [0.25, 0.3) is 0 Å². The fourth-order valence-corrected chi connectivity index (χ4v) is 1.01. The molecule has 0 aliphatic heterocycles. The molecular formula is C9H12N2O2. The maximum atomic E-state index is 10.7. The first-order valence-corrected chi connectivity index (χ1v) is 3.91. The second-order valence-corrected chi connectivity index (χ2v) is 2.78. The second kappa shape index (κ2) is 4.02. The fraction of sp³-hybridized carbons (Fsp3) is 0.222. The highest BCUT2D eigenvalue weighted by Gasteiger charge is 2.21. The third-order valence-electron chi connectivity index (χ3n) is 1.81. The van der Waals surface area contributed by atoms with Crippen LogP contribution in [0.3, 0.4) is 0 Å². The molecule has 0 aromatic heterocycles. The number of carbonyl (C=O) groups is 1. The molecule has 4 heteroatoms. The number of hydrogen-bond acceptors (Lipinski definition) is 3. The molecule has 1 rings (SSSR count). The van der Waals surface area contributed by atoms with Crippen LogP contribution in [-0.2, 0) is 4.79 Å². The lowest BCUT2D eigenvalue weighted by molar-refractivity contribution is -0.121. The Bertz CT molecular complexity index is 287. The van der Waals surface area contributed by atoms with Gasteiger partial charge in [0.25, 0.3) is 0 Å². The molecule has 0 fully saturated rings. The molecule has 0 bridgehead atoms. The summed E-state index contributed by atoms with van der Waals surface area (Å²) in [6.07, 6.45) is -1.03. The van der Waals surface area contributed by atoms with E-state index in [1.165, 1.54) is 0 Å². The minimum absolute atomic E-state index is 0.591. The van der Waals surface area contributed by atoms with Gasteiger partial charge >= 0.3 is 0 Å². The van der Waals surface area contributed by atoms with Crippen LogP contribution in [0, 0.1) is 0 Å². The summed E-state index contributed by atoms with van der Waals surface area (Å²) in [5.74, 6) is -0.712. The van der Waals surface area contributed by atoms with E-state index in [0.29, 0.717) is 5.56 Å². The summed E-state index contributed by atoms with van der Waals surface area (Å²) in [5.41, 5.74) is 10.9. The van der Waals surface area contributed by atoms with Crippen LogP contribution >= 0.6 is 0 Å². The number of rotatable bonds is 3. The SMILES string of the molecule is NC(=O)[C@H](N)[C@@H](O)c1ccccc1. The van der Waals surface area contributed by atoms with Crippen molar-refractivity contribution in [2.75, 3.05) is 0 Å². The van der Waals surface area contributed by atoms with Gasteiger partial charge in [-0.25, -0.2) is 0 Å². The van der Waals surface area contributed by atoms with E-state index < -0.39 is 18.1 Å². The number of carbonyl (C=O) groups excluding carboxylic acids is 1. The van der Waals surface area contributed by atoms with Gasteiger partial charge in [-0.1, -0.05) is 30.3 Å². The number of aliphatic hydroxyl groups excluding tert-OH is 1. The summed E-state index contributed by atoms with van der Waals surface area (Å²) in [6.45, 7) is 0. The zero-order chi connectivity index (χ0) is 9.84. The topological polar surface area (TPSA) is 89.3 Å². The van der Waals surface area contributed by atoms with Gasteiger partial charge in [0.05, 0.1) is 0 Å². The maximum Gasteiger partial charge on any atom is 0.237 e. The zero-order valence-electron chi connectivity index (χ0n) is 7.05. The van der Waals surface area contributed by atoms with Gasteiger partial charge < -0.3 is 16.6 Å². The first-order chi connectivity index (χ1) is 6.13. The highest BCUT2D eigenvalue weighted by Crippen LogP contribution is 2.14.